The lowest BCUT2D eigenvalue weighted by Gasteiger charge is -2.22. The fraction of sp³-hybridized carbons (Fsp3) is 0.278. The Labute approximate surface area is 178 Å². The molecule has 2 amide bonds. The number of nitrogens with one attached hydrogen (secondary N) is 2. The van der Waals surface area contributed by atoms with Crippen molar-refractivity contribution in [2.45, 2.75) is 20.3 Å². The van der Waals surface area contributed by atoms with Crippen molar-refractivity contribution in [2.75, 3.05) is 11.9 Å². The summed E-state index contributed by atoms with van der Waals surface area (Å²) in [6.07, 6.45) is 0.468. The molecule has 1 aliphatic heterocycles. The number of fused-ring (bicyclic) bond motifs is 1. The van der Waals surface area contributed by atoms with E-state index >= 15 is 0 Å². The van der Waals surface area contributed by atoms with Gasteiger partial charge in [0.25, 0.3) is 11.8 Å². The normalized spacial score (nSPS) is 15.2. The number of halogens is 2. The highest BCUT2D eigenvalue weighted by Crippen LogP contribution is 2.41. The van der Waals surface area contributed by atoms with Crippen LogP contribution in [0.5, 0.6) is 0 Å². The van der Waals surface area contributed by atoms with Gasteiger partial charge >= 0.3 is 0 Å². The summed E-state index contributed by atoms with van der Waals surface area (Å²) >= 11 is 3.09. The number of thiophene rings is 1. The van der Waals surface area contributed by atoms with Crippen LogP contribution in [-0.4, -0.2) is 24.3 Å². The second kappa shape index (κ2) is 7.66. The monoisotopic (exact) mass is 515 g/mol. The molecule has 7 nitrogen and oxygen atoms in total. The predicted octanol–water partition coefficient (Wildman–Crippen LogP) is 2.96. The molecule has 0 fully saturated rings. The quantitative estimate of drug-likeness (QED) is 0.285. The molecule has 1 aliphatic rings. The van der Waals surface area contributed by atoms with Gasteiger partial charge in [-0.05, 0) is 58.2 Å². The number of hydrogen-bond acceptors (Lipinski definition) is 4. The topological polar surface area (TPSA) is 123 Å². The minimum atomic E-state index is -0.670. The molecule has 28 heavy (non-hydrogen) atoms. The van der Waals surface area contributed by atoms with Crippen LogP contribution in [-0.2, 0) is 6.42 Å². The fourth-order valence-electron chi connectivity index (χ4n) is 2.96. The Bertz CT molecular complexity index is 998. The maximum atomic E-state index is 14.3. The van der Waals surface area contributed by atoms with Gasteiger partial charge in [-0.25, -0.2) is 4.39 Å². The van der Waals surface area contributed by atoms with E-state index in [1.54, 1.807) is 12.1 Å². The lowest BCUT2D eigenvalue weighted by molar-refractivity contribution is 0.0948. The van der Waals surface area contributed by atoms with E-state index in [1.165, 1.54) is 6.07 Å². The fourth-order valence-corrected chi connectivity index (χ4v) is 4.55. The van der Waals surface area contributed by atoms with Gasteiger partial charge in [0.1, 0.15) is 10.8 Å². The number of carbonyl (C=O) groups excluding carboxylic acids is 2. The van der Waals surface area contributed by atoms with Crippen LogP contribution in [0, 0.1) is 14.8 Å². The number of guanidine groups is 1. The average molecular weight is 515 g/mol. The Morgan fingerprint density at radius 3 is 2.75 bits per heavy atom. The summed E-state index contributed by atoms with van der Waals surface area (Å²) in [7, 11) is 0. The van der Waals surface area contributed by atoms with Gasteiger partial charge in [-0.2, -0.15) is 4.99 Å². The highest BCUT2D eigenvalue weighted by Gasteiger charge is 2.34. The largest absolute Gasteiger partial charge is 0.370 e. The molecule has 0 spiro atoms. The standard InChI is InChI=1S/C18H19FIN5O2S/c1-18(2)6-9-12(14(26)25-17(21)22)16(28-13(9)15(27)23-7-18)24-11-4-3-8(20)5-10(11)19/h3-5,24H,6-7H2,1-2H3,(H,23,27)(H4,21,22,25,26). The molecule has 1 aromatic heterocycles. The van der Waals surface area contributed by atoms with Crippen LogP contribution in [0.4, 0.5) is 15.1 Å². The Hall–Kier alpha value is -2.21. The molecule has 3 rings (SSSR count). The first-order valence-corrected chi connectivity index (χ1v) is 10.3. The maximum absolute atomic E-state index is 14.3. The highest BCUT2D eigenvalue weighted by atomic mass is 127. The molecule has 10 heteroatoms. The Morgan fingerprint density at radius 1 is 1.39 bits per heavy atom. The maximum Gasteiger partial charge on any atom is 0.283 e. The van der Waals surface area contributed by atoms with E-state index in [0.717, 1.165) is 14.9 Å². The zero-order chi connectivity index (χ0) is 20.6. The van der Waals surface area contributed by atoms with Crippen LogP contribution in [0.15, 0.2) is 23.2 Å². The second-order valence-electron chi connectivity index (χ2n) is 7.23. The Balaban J connectivity index is 2.16. The molecule has 2 heterocycles. The smallest absolute Gasteiger partial charge is 0.283 e. The highest BCUT2D eigenvalue weighted by molar-refractivity contribution is 14.1. The molecule has 0 saturated heterocycles. The summed E-state index contributed by atoms with van der Waals surface area (Å²) in [5, 5.41) is 6.13. The van der Waals surface area contributed by atoms with Crippen molar-refractivity contribution in [2.24, 2.45) is 21.9 Å². The summed E-state index contributed by atoms with van der Waals surface area (Å²) in [6, 6.07) is 4.67. The molecule has 0 saturated carbocycles. The van der Waals surface area contributed by atoms with Gasteiger partial charge in [0, 0.05) is 10.1 Å². The number of carbonyl (C=O) groups is 2. The first kappa shape index (κ1) is 20.5. The summed E-state index contributed by atoms with van der Waals surface area (Å²) in [5.41, 5.74) is 11.4. The van der Waals surface area contributed by atoms with Crippen molar-refractivity contribution in [1.82, 2.24) is 5.32 Å². The van der Waals surface area contributed by atoms with Crippen LogP contribution in [0.3, 0.4) is 0 Å². The van der Waals surface area contributed by atoms with Crippen LogP contribution >= 0.6 is 33.9 Å². The molecule has 0 aliphatic carbocycles. The molecule has 148 valence electrons. The Morgan fingerprint density at radius 2 is 2.11 bits per heavy atom. The number of nitrogens with zero attached hydrogens (tertiary/aromatic N) is 1. The van der Waals surface area contributed by atoms with E-state index in [2.05, 4.69) is 15.6 Å². The van der Waals surface area contributed by atoms with Gasteiger partial charge in [0.15, 0.2) is 5.96 Å². The van der Waals surface area contributed by atoms with E-state index < -0.39 is 11.7 Å². The van der Waals surface area contributed by atoms with Crippen molar-refractivity contribution in [1.29, 1.82) is 0 Å². The van der Waals surface area contributed by atoms with Gasteiger partial charge in [0.2, 0.25) is 0 Å². The second-order valence-corrected chi connectivity index (χ2v) is 9.49. The van der Waals surface area contributed by atoms with Gasteiger partial charge in [-0.3, -0.25) is 9.59 Å². The molecule has 2 aromatic rings. The number of hydrogen-bond donors (Lipinski definition) is 4. The first-order chi connectivity index (χ1) is 13.1. The molecule has 1 aromatic carbocycles. The van der Waals surface area contributed by atoms with Crippen molar-refractivity contribution in [3.05, 3.63) is 43.6 Å². The molecule has 0 unspecified atom stereocenters. The minimum absolute atomic E-state index is 0.190. The number of rotatable bonds is 3. The van der Waals surface area contributed by atoms with Gasteiger partial charge in [0.05, 0.1) is 16.1 Å². The summed E-state index contributed by atoms with van der Waals surface area (Å²) < 4.78 is 15.1. The summed E-state index contributed by atoms with van der Waals surface area (Å²) in [5.74, 6) is -1.80. The summed E-state index contributed by atoms with van der Waals surface area (Å²) in [6.45, 7) is 4.44. The minimum Gasteiger partial charge on any atom is -0.370 e. The SMILES string of the molecule is CC1(C)CNC(=O)c2sc(Nc3ccc(I)cc3F)c(C(=O)N=C(N)N)c2C1. The molecule has 6 N–H and O–H groups in total. The molecule has 0 radical (unpaired) electrons. The zero-order valence-corrected chi connectivity index (χ0v) is 18.2. The lowest BCUT2D eigenvalue weighted by atomic mass is 9.85. The van der Waals surface area contributed by atoms with Gasteiger partial charge < -0.3 is 22.1 Å². The number of amides is 2. The number of nitrogens with two attached hydrogens (primary N) is 2. The van der Waals surface area contributed by atoms with Crippen molar-refractivity contribution >= 4 is 62.4 Å². The predicted molar refractivity (Wildman–Crippen MR) is 117 cm³/mol. The van der Waals surface area contributed by atoms with E-state index in [-0.39, 0.29) is 28.5 Å². The average Bonchev–Trinajstić information content (AvgIpc) is 2.87. The van der Waals surface area contributed by atoms with Crippen LogP contribution in [0.25, 0.3) is 0 Å². The van der Waals surface area contributed by atoms with Crippen LogP contribution in [0.2, 0.25) is 0 Å². The van der Waals surface area contributed by atoms with E-state index in [0.29, 0.717) is 28.4 Å². The van der Waals surface area contributed by atoms with Gasteiger partial charge in [-0.15, -0.1) is 11.3 Å². The van der Waals surface area contributed by atoms with E-state index in [4.69, 9.17) is 11.5 Å². The number of benzene rings is 1. The number of anilines is 2. The third-order valence-corrected chi connectivity index (χ3v) is 6.04. The van der Waals surface area contributed by atoms with Gasteiger partial charge in [-0.1, -0.05) is 13.8 Å². The number of aliphatic imine (C=N–C) groups is 1. The molecule has 0 atom stereocenters. The summed E-state index contributed by atoms with van der Waals surface area (Å²) in [4.78, 5) is 29.4. The van der Waals surface area contributed by atoms with Crippen LogP contribution < -0.4 is 22.1 Å². The van der Waals surface area contributed by atoms with E-state index in [1.807, 2.05) is 36.4 Å². The first-order valence-electron chi connectivity index (χ1n) is 8.37. The van der Waals surface area contributed by atoms with Crippen molar-refractivity contribution < 1.29 is 14.0 Å². The third-order valence-electron chi connectivity index (χ3n) is 4.22. The third kappa shape index (κ3) is 4.27. The Kier molecular flexibility index (Phi) is 5.62. The molecular formula is C18H19FIN5O2S. The van der Waals surface area contributed by atoms with Crippen LogP contribution in [0.1, 0.15) is 39.4 Å². The molecular weight excluding hydrogens is 496 g/mol. The van der Waals surface area contributed by atoms with E-state index in [9.17, 15) is 14.0 Å². The van der Waals surface area contributed by atoms with Crippen molar-refractivity contribution in [3.63, 3.8) is 0 Å². The molecule has 0 bridgehead atoms. The van der Waals surface area contributed by atoms with Crippen molar-refractivity contribution in [3.8, 4) is 0 Å². The lowest BCUT2D eigenvalue weighted by Crippen LogP contribution is -2.31. The zero-order valence-electron chi connectivity index (χ0n) is 15.2.